The second-order valence-corrected chi connectivity index (χ2v) is 5.13. The fraction of sp³-hybridized carbons (Fsp3) is 0.467. The van der Waals surface area contributed by atoms with E-state index in [1.54, 1.807) is 0 Å². The van der Waals surface area contributed by atoms with E-state index < -0.39 is 0 Å². The molecule has 1 aromatic carbocycles. The molecule has 1 unspecified atom stereocenters. The molecule has 0 saturated carbocycles. The number of nitrogens with one attached hydrogen (secondary N) is 1. The quantitative estimate of drug-likeness (QED) is 0.875. The Labute approximate surface area is 120 Å². The van der Waals surface area contributed by atoms with Crippen LogP contribution >= 0.6 is 0 Å². The molecular weight excluding hydrogens is 252 g/mol. The van der Waals surface area contributed by atoms with Crippen LogP contribution in [0.4, 0.5) is 0 Å². The van der Waals surface area contributed by atoms with Gasteiger partial charge in [-0.15, -0.1) is 10.2 Å². The topological polar surface area (TPSA) is 52.0 Å². The van der Waals surface area contributed by atoms with Crippen molar-refractivity contribution in [1.29, 1.82) is 0 Å². The van der Waals surface area contributed by atoms with Crippen molar-refractivity contribution in [2.24, 2.45) is 7.05 Å². The Morgan fingerprint density at radius 1 is 1.20 bits per heavy atom. The predicted molar refractivity (Wildman–Crippen MR) is 78.7 cm³/mol. The number of rotatable bonds is 6. The zero-order chi connectivity index (χ0) is 14.5. The lowest BCUT2D eigenvalue weighted by Crippen LogP contribution is -2.32. The van der Waals surface area contributed by atoms with Crippen molar-refractivity contribution < 1.29 is 4.74 Å². The van der Waals surface area contributed by atoms with Gasteiger partial charge in [0, 0.05) is 13.1 Å². The fourth-order valence-corrected chi connectivity index (χ4v) is 1.79. The average Bonchev–Trinajstić information content (AvgIpc) is 2.76. The average molecular weight is 274 g/mol. The lowest BCUT2D eigenvalue weighted by Gasteiger charge is -2.14. The van der Waals surface area contributed by atoms with Crippen LogP contribution in [0.25, 0.3) is 0 Å². The first-order valence-corrected chi connectivity index (χ1v) is 6.84. The van der Waals surface area contributed by atoms with Crippen LogP contribution < -0.4 is 10.1 Å². The number of hydrogen-bond donors (Lipinski definition) is 1. The van der Waals surface area contributed by atoms with E-state index in [1.807, 2.05) is 30.7 Å². The monoisotopic (exact) mass is 274 g/mol. The van der Waals surface area contributed by atoms with Crippen LogP contribution in [0.1, 0.15) is 24.1 Å². The Bertz CT molecular complexity index is 548. The van der Waals surface area contributed by atoms with Crippen LogP contribution in [0.5, 0.6) is 5.75 Å². The second kappa shape index (κ2) is 6.52. The summed E-state index contributed by atoms with van der Waals surface area (Å²) in [4.78, 5) is 0. The first kappa shape index (κ1) is 14.5. The molecule has 1 N–H and O–H groups in total. The molecule has 2 rings (SSSR count). The molecule has 0 spiro atoms. The third kappa shape index (κ3) is 3.81. The predicted octanol–water partition coefficient (Wildman–Crippen LogP) is 1.99. The maximum Gasteiger partial charge on any atom is 0.146 e. The lowest BCUT2D eigenvalue weighted by atomic mass is 10.2. The molecule has 0 amide bonds. The minimum absolute atomic E-state index is 0.244. The van der Waals surface area contributed by atoms with E-state index in [4.69, 9.17) is 4.74 Å². The number of aryl methyl sites for hydroxylation is 2. The van der Waals surface area contributed by atoms with Crippen LogP contribution in [0.2, 0.25) is 0 Å². The van der Waals surface area contributed by atoms with Crippen molar-refractivity contribution >= 4 is 0 Å². The standard InChI is InChI=1S/C15H22N4O/c1-11-5-7-14(8-6-11)20-10-12(2)16-9-15-18-17-13(3)19(15)4/h5-8,12,16H,9-10H2,1-4H3. The highest BCUT2D eigenvalue weighted by Crippen LogP contribution is 2.11. The van der Waals surface area contributed by atoms with Gasteiger partial charge < -0.3 is 14.6 Å². The summed E-state index contributed by atoms with van der Waals surface area (Å²) in [6, 6.07) is 8.33. The third-order valence-electron chi connectivity index (χ3n) is 3.31. The molecule has 0 aliphatic carbocycles. The Balaban J connectivity index is 1.76. The van der Waals surface area contributed by atoms with Crippen LogP contribution in [-0.2, 0) is 13.6 Å². The summed E-state index contributed by atoms with van der Waals surface area (Å²) >= 11 is 0. The molecule has 0 bridgehead atoms. The summed E-state index contributed by atoms with van der Waals surface area (Å²) in [7, 11) is 1.97. The molecule has 5 nitrogen and oxygen atoms in total. The van der Waals surface area contributed by atoms with Gasteiger partial charge in [0.25, 0.3) is 0 Å². The minimum atomic E-state index is 0.244. The molecule has 2 aromatic rings. The molecule has 5 heteroatoms. The van der Waals surface area contributed by atoms with Crippen molar-refractivity contribution in [1.82, 2.24) is 20.1 Å². The normalized spacial score (nSPS) is 12.4. The van der Waals surface area contributed by atoms with Crippen LogP contribution in [0.3, 0.4) is 0 Å². The van der Waals surface area contributed by atoms with Crippen molar-refractivity contribution in [2.75, 3.05) is 6.61 Å². The summed E-state index contributed by atoms with van der Waals surface area (Å²) in [6.45, 7) is 7.42. The van der Waals surface area contributed by atoms with Gasteiger partial charge in [-0.1, -0.05) is 17.7 Å². The Kier molecular flexibility index (Phi) is 4.74. The second-order valence-electron chi connectivity index (χ2n) is 5.13. The van der Waals surface area contributed by atoms with Gasteiger partial charge in [-0.3, -0.25) is 0 Å². The maximum atomic E-state index is 5.74. The summed E-state index contributed by atoms with van der Waals surface area (Å²) in [5, 5.41) is 11.5. The van der Waals surface area contributed by atoms with E-state index in [2.05, 4.69) is 41.5 Å². The number of benzene rings is 1. The summed E-state index contributed by atoms with van der Waals surface area (Å²) in [5.41, 5.74) is 1.24. The van der Waals surface area contributed by atoms with E-state index in [0.29, 0.717) is 13.2 Å². The van der Waals surface area contributed by atoms with Gasteiger partial charge in [-0.05, 0) is 32.9 Å². The molecule has 20 heavy (non-hydrogen) atoms. The number of nitrogens with zero attached hydrogens (tertiary/aromatic N) is 3. The van der Waals surface area contributed by atoms with Gasteiger partial charge in [-0.2, -0.15) is 0 Å². The Hall–Kier alpha value is -1.88. The highest BCUT2D eigenvalue weighted by atomic mass is 16.5. The van der Waals surface area contributed by atoms with Gasteiger partial charge in [0.2, 0.25) is 0 Å². The lowest BCUT2D eigenvalue weighted by molar-refractivity contribution is 0.271. The van der Waals surface area contributed by atoms with E-state index in [-0.39, 0.29) is 6.04 Å². The smallest absolute Gasteiger partial charge is 0.146 e. The number of aromatic nitrogens is 3. The zero-order valence-corrected chi connectivity index (χ0v) is 12.6. The molecule has 0 aliphatic heterocycles. The number of hydrogen-bond acceptors (Lipinski definition) is 4. The first-order valence-electron chi connectivity index (χ1n) is 6.84. The van der Waals surface area contributed by atoms with E-state index >= 15 is 0 Å². The highest BCUT2D eigenvalue weighted by Gasteiger charge is 2.07. The Morgan fingerprint density at radius 3 is 2.50 bits per heavy atom. The van der Waals surface area contributed by atoms with Crippen molar-refractivity contribution in [3.8, 4) is 5.75 Å². The SMILES string of the molecule is Cc1ccc(OCC(C)NCc2nnc(C)n2C)cc1. The fourth-order valence-electron chi connectivity index (χ4n) is 1.79. The molecule has 1 atom stereocenters. The maximum absolute atomic E-state index is 5.74. The highest BCUT2D eigenvalue weighted by molar-refractivity contribution is 5.26. The van der Waals surface area contributed by atoms with E-state index in [9.17, 15) is 0 Å². The van der Waals surface area contributed by atoms with Gasteiger partial charge >= 0.3 is 0 Å². The molecule has 0 aliphatic rings. The van der Waals surface area contributed by atoms with Gasteiger partial charge in [0.05, 0.1) is 6.54 Å². The van der Waals surface area contributed by atoms with Crippen molar-refractivity contribution in [2.45, 2.75) is 33.4 Å². The van der Waals surface area contributed by atoms with Gasteiger partial charge in [0.1, 0.15) is 24.0 Å². The summed E-state index contributed by atoms with van der Waals surface area (Å²) < 4.78 is 7.73. The molecule has 0 fully saturated rings. The third-order valence-corrected chi connectivity index (χ3v) is 3.31. The molecule has 0 saturated heterocycles. The summed E-state index contributed by atoms with van der Waals surface area (Å²) in [5.74, 6) is 2.76. The van der Waals surface area contributed by atoms with Crippen LogP contribution in [0.15, 0.2) is 24.3 Å². The van der Waals surface area contributed by atoms with Crippen LogP contribution in [0, 0.1) is 13.8 Å². The molecule has 108 valence electrons. The molecule has 0 radical (unpaired) electrons. The van der Waals surface area contributed by atoms with Crippen LogP contribution in [-0.4, -0.2) is 27.4 Å². The zero-order valence-electron chi connectivity index (χ0n) is 12.6. The van der Waals surface area contributed by atoms with E-state index in [0.717, 1.165) is 17.4 Å². The first-order chi connectivity index (χ1) is 9.56. The molecule has 1 aromatic heterocycles. The van der Waals surface area contributed by atoms with Gasteiger partial charge in [-0.25, -0.2) is 0 Å². The minimum Gasteiger partial charge on any atom is -0.492 e. The Morgan fingerprint density at radius 2 is 1.90 bits per heavy atom. The molecular formula is C15H22N4O. The van der Waals surface area contributed by atoms with Crippen molar-refractivity contribution in [3.63, 3.8) is 0 Å². The number of ether oxygens (including phenoxy) is 1. The summed E-state index contributed by atoms with van der Waals surface area (Å²) in [6.07, 6.45) is 0. The van der Waals surface area contributed by atoms with E-state index in [1.165, 1.54) is 5.56 Å². The molecule has 1 heterocycles. The van der Waals surface area contributed by atoms with Gasteiger partial charge in [0.15, 0.2) is 0 Å². The van der Waals surface area contributed by atoms with Crippen molar-refractivity contribution in [3.05, 3.63) is 41.5 Å². The largest absolute Gasteiger partial charge is 0.492 e.